The molecule has 1 atom stereocenters. The molecule has 0 saturated carbocycles. The van der Waals surface area contributed by atoms with Gasteiger partial charge in [0.05, 0.1) is 10.6 Å². The van der Waals surface area contributed by atoms with E-state index in [-0.39, 0.29) is 28.8 Å². The highest BCUT2D eigenvalue weighted by Crippen LogP contribution is 2.21. The molecule has 0 aliphatic carbocycles. The maximum atomic E-state index is 12.1. The number of carboxylic acid groups (broad SMARTS) is 1. The summed E-state index contributed by atoms with van der Waals surface area (Å²) in [6.07, 6.45) is 0.252. The van der Waals surface area contributed by atoms with Gasteiger partial charge in [-0.1, -0.05) is 32.4 Å². The van der Waals surface area contributed by atoms with Gasteiger partial charge in [-0.3, -0.25) is 9.59 Å². The Kier molecular flexibility index (Phi) is 6.37. The number of nitrogens with one attached hydrogen (secondary N) is 2. The number of halogens is 1. The van der Waals surface area contributed by atoms with E-state index in [1.54, 1.807) is 26.8 Å². The van der Waals surface area contributed by atoms with Crippen LogP contribution in [-0.4, -0.2) is 28.9 Å². The lowest BCUT2D eigenvalue weighted by Gasteiger charge is -2.14. The van der Waals surface area contributed by atoms with Gasteiger partial charge in [0.25, 0.3) is 5.91 Å². The molecule has 2 amide bonds. The predicted octanol–water partition coefficient (Wildman–Crippen LogP) is 2.53. The Morgan fingerprint density at radius 3 is 2.41 bits per heavy atom. The second kappa shape index (κ2) is 7.79. The minimum atomic E-state index is -1.11. The van der Waals surface area contributed by atoms with Gasteiger partial charge in [-0.05, 0) is 24.6 Å². The van der Waals surface area contributed by atoms with Crippen LogP contribution in [0.4, 0.5) is 5.69 Å². The van der Waals surface area contributed by atoms with Crippen molar-refractivity contribution in [2.45, 2.75) is 33.2 Å². The van der Waals surface area contributed by atoms with Gasteiger partial charge in [0.1, 0.15) is 6.04 Å². The van der Waals surface area contributed by atoms with Gasteiger partial charge in [-0.15, -0.1) is 0 Å². The highest BCUT2D eigenvalue weighted by molar-refractivity contribution is 6.34. The Labute approximate surface area is 133 Å². The van der Waals surface area contributed by atoms with Crippen LogP contribution in [0, 0.1) is 5.92 Å². The van der Waals surface area contributed by atoms with E-state index < -0.39 is 17.9 Å². The van der Waals surface area contributed by atoms with Crippen LogP contribution in [0.15, 0.2) is 18.2 Å². The summed E-state index contributed by atoms with van der Waals surface area (Å²) in [4.78, 5) is 34.8. The van der Waals surface area contributed by atoms with Crippen molar-refractivity contribution in [1.29, 1.82) is 0 Å². The summed E-state index contributed by atoms with van der Waals surface area (Å²) in [6.45, 7) is 5.15. The van der Waals surface area contributed by atoms with Crippen molar-refractivity contribution in [3.05, 3.63) is 28.8 Å². The van der Waals surface area contributed by atoms with Crippen LogP contribution in [0.25, 0.3) is 0 Å². The zero-order valence-electron chi connectivity index (χ0n) is 12.6. The first-order chi connectivity index (χ1) is 10.3. The lowest BCUT2D eigenvalue weighted by atomic mass is 10.1. The fourth-order valence-corrected chi connectivity index (χ4v) is 1.84. The first-order valence-corrected chi connectivity index (χ1v) is 7.28. The molecule has 3 N–H and O–H groups in total. The van der Waals surface area contributed by atoms with E-state index >= 15 is 0 Å². The molecule has 1 unspecified atom stereocenters. The molecule has 0 aliphatic heterocycles. The van der Waals surface area contributed by atoms with Gasteiger partial charge in [0.15, 0.2) is 0 Å². The molecule has 1 aromatic carbocycles. The molecule has 6 nitrogen and oxygen atoms in total. The molecule has 22 heavy (non-hydrogen) atoms. The average molecular weight is 327 g/mol. The van der Waals surface area contributed by atoms with E-state index in [9.17, 15) is 14.4 Å². The summed E-state index contributed by atoms with van der Waals surface area (Å²) in [6, 6.07) is 3.49. The minimum Gasteiger partial charge on any atom is -0.480 e. The van der Waals surface area contributed by atoms with Crippen LogP contribution >= 0.6 is 11.6 Å². The number of benzene rings is 1. The van der Waals surface area contributed by atoms with E-state index in [0.29, 0.717) is 5.69 Å². The molecule has 0 radical (unpaired) electrons. The number of aliphatic carboxylic acids is 1. The summed E-state index contributed by atoms with van der Waals surface area (Å²) in [5.74, 6) is -2.11. The fraction of sp³-hybridized carbons (Fsp3) is 0.400. The van der Waals surface area contributed by atoms with E-state index in [2.05, 4.69) is 10.6 Å². The zero-order chi connectivity index (χ0) is 16.9. The van der Waals surface area contributed by atoms with Crippen molar-refractivity contribution in [3.8, 4) is 0 Å². The second-order valence-electron chi connectivity index (χ2n) is 5.11. The predicted molar refractivity (Wildman–Crippen MR) is 84.1 cm³/mol. The Morgan fingerprint density at radius 2 is 1.91 bits per heavy atom. The highest BCUT2D eigenvalue weighted by atomic mass is 35.5. The lowest BCUT2D eigenvalue weighted by molar-refractivity contribution is -0.139. The Bertz CT molecular complexity index is 587. The first kappa shape index (κ1) is 18.0. The van der Waals surface area contributed by atoms with Crippen molar-refractivity contribution >= 4 is 35.1 Å². The molecule has 0 bridgehead atoms. The van der Waals surface area contributed by atoms with Crippen molar-refractivity contribution in [2.24, 2.45) is 5.92 Å². The average Bonchev–Trinajstić information content (AvgIpc) is 2.45. The van der Waals surface area contributed by atoms with Gasteiger partial charge in [-0.25, -0.2) is 4.79 Å². The van der Waals surface area contributed by atoms with E-state index in [4.69, 9.17) is 16.7 Å². The Balaban J connectivity index is 2.96. The first-order valence-electron chi connectivity index (χ1n) is 6.90. The van der Waals surface area contributed by atoms with E-state index in [1.807, 2.05) is 0 Å². The maximum absolute atomic E-state index is 12.1. The number of hydrogen-bond donors (Lipinski definition) is 3. The molecule has 0 heterocycles. The monoisotopic (exact) mass is 326 g/mol. The topological polar surface area (TPSA) is 95.5 Å². The highest BCUT2D eigenvalue weighted by Gasteiger charge is 2.20. The Hall–Kier alpha value is -2.08. The fourth-order valence-electron chi connectivity index (χ4n) is 1.64. The van der Waals surface area contributed by atoms with Gasteiger partial charge in [0, 0.05) is 11.6 Å². The Morgan fingerprint density at radius 1 is 1.27 bits per heavy atom. The lowest BCUT2D eigenvalue weighted by Crippen LogP contribution is -2.40. The van der Waals surface area contributed by atoms with Crippen LogP contribution in [0.3, 0.4) is 0 Å². The number of rotatable bonds is 6. The molecule has 1 rings (SSSR count). The van der Waals surface area contributed by atoms with Crippen LogP contribution in [0.2, 0.25) is 5.02 Å². The molecule has 1 aromatic rings. The third kappa shape index (κ3) is 4.73. The van der Waals surface area contributed by atoms with Crippen LogP contribution in [0.1, 0.15) is 37.6 Å². The molecular formula is C15H19ClN2O4. The molecule has 0 saturated heterocycles. The largest absolute Gasteiger partial charge is 0.480 e. The minimum absolute atomic E-state index is 0.114. The van der Waals surface area contributed by atoms with Gasteiger partial charge >= 0.3 is 5.97 Å². The second-order valence-corrected chi connectivity index (χ2v) is 5.52. The van der Waals surface area contributed by atoms with Gasteiger partial charge in [-0.2, -0.15) is 0 Å². The number of carboxylic acids is 1. The van der Waals surface area contributed by atoms with Crippen molar-refractivity contribution in [1.82, 2.24) is 5.32 Å². The van der Waals surface area contributed by atoms with E-state index in [1.165, 1.54) is 12.1 Å². The molecule has 0 aliphatic rings. The van der Waals surface area contributed by atoms with Crippen LogP contribution < -0.4 is 10.6 Å². The van der Waals surface area contributed by atoms with Crippen molar-refractivity contribution < 1.29 is 19.5 Å². The van der Waals surface area contributed by atoms with Crippen molar-refractivity contribution in [2.75, 3.05) is 5.32 Å². The number of hydrogen-bond acceptors (Lipinski definition) is 3. The molecular weight excluding hydrogens is 308 g/mol. The quantitative estimate of drug-likeness (QED) is 0.748. The van der Waals surface area contributed by atoms with Gasteiger partial charge < -0.3 is 15.7 Å². The summed E-state index contributed by atoms with van der Waals surface area (Å²) < 4.78 is 0. The number of carbonyl (C=O) groups is 3. The SMILES string of the molecule is CCC(NC(=O)c1cc(NC(=O)C(C)C)ccc1Cl)C(=O)O. The van der Waals surface area contributed by atoms with Gasteiger partial charge in [0.2, 0.25) is 5.91 Å². The summed E-state index contributed by atoms with van der Waals surface area (Å²) >= 11 is 5.98. The summed E-state index contributed by atoms with van der Waals surface area (Å²) in [5.41, 5.74) is 0.541. The van der Waals surface area contributed by atoms with Crippen LogP contribution in [0.5, 0.6) is 0 Å². The molecule has 0 aromatic heterocycles. The molecule has 120 valence electrons. The summed E-state index contributed by atoms with van der Waals surface area (Å²) in [5, 5.41) is 14.2. The standard InChI is InChI=1S/C15H19ClN2O4/c1-4-12(15(21)22)18-14(20)10-7-9(5-6-11(10)16)17-13(19)8(2)3/h5-8,12H,4H2,1-3H3,(H,17,19)(H,18,20)(H,21,22). The molecule has 7 heteroatoms. The van der Waals surface area contributed by atoms with Crippen molar-refractivity contribution in [3.63, 3.8) is 0 Å². The molecule has 0 fully saturated rings. The normalized spacial score (nSPS) is 11.9. The third-order valence-electron chi connectivity index (χ3n) is 3.01. The number of carbonyl (C=O) groups excluding carboxylic acids is 2. The zero-order valence-corrected chi connectivity index (χ0v) is 13.4. The third-order valence-corrected chi connectivity index (χ3v) is 3.34. The maximum Gasteiger partial charge on any atom is 0.326 e. The number of anilines is 1. The molecule has 0 spiro atoms. The smallest absolute Gasteiger partial charge is 0.326 e. The summed E-state index contributed by atoms with van der Waals surface area (Å²) in [7, 11) is 0. The number of amides is 2. The van der Waals surface area contributed by atoms with Crippen LogP contribution in [-0.2, 0) is 9.59 Å². The van der Waals surface area contributed by atoms with E-state index in [0.717, 1.165) is 0 Å².